The van der Waals surface area contributed by atoms with Crippen molar-refractivity contribution in [2.24, 2.45) is 0 Å². The van der Waals surface area contributed by atoms with E-state index < -0.39 is 0 Å². The zero-order chi connectivity index (χ0) is 17.1. The van der Waals surface area contributed by atoms with Crippen molar-refractivity contribution in [3.8, 4) is 5.69 Å². The van der Waals surface area contributed by atoms with Crippen molar-refractivity contribution >= 4 is 10.9 Å². The lowest BCUT2D eigenvalue weighted by Crippen LogP contribution is -2.03. The first-order valence-corrected chi connectivity index (χ1v) is 8.69. The molecule has 0 radical (unpaired) electrons. The molecule has 1 N–H and O–H groups in total. The number of aliphatic hydroxyl groups is 1. The Balaban J connectivity index is 1.92. The second-order valence-electron chi connectivity index (χ2n) is 6.28. The number of nitrogens with zero attached hydrogens (tertiary/aromatic N) is 1. The van der Waals surface area contributed by atoms with Crippen molar-refractivity contribution in [3.63, 3.8) is 0 Å². The van der Waals surface area contributed by atoms with Crippen LogP contribution in [0.1, 0.15) is 23.5 Å². The Hall–Kier alpha value is -2.84. The molecular weight excluding hydrogens is 306 g/mol. The molecule has 25 heavy (non-hydrogen) atoms. The van der Waals surface area contributed by atoms with Gasteiger partial charge in [-0.05, 0) is 35.7 Å². The average molecular weight is 327 g/mol. The molecule has 1 atom stereocenters. The molecule has 0 saturated carbocycles. The lowest BCUT2D eigenvalue weighted by molar-refractivity contribution is 0.282. The van der Waals surface area contributed by atoms with E-state index in [1.54, 1.807) is 0 Å². The average Bonchev–Trinajstić information content (AvgIpc) is 3.07. The second-order valence-corrected chi connectivity index (χ2v) is 6.28. The first-order valence-electron chi connectivity index (χ1n) is 8.69. The maximum Gasteiger partial charge on any atom is 0.0531 e. The molecule has 4 aromatic rings. The predicted octanol–water partition coefficient (Wildman–Crippen LogP) is 5.14. The zero-order valence-corrected chi connectivity index (χ0v) is 14.0. The quantitative estimate of drug-likeness (QED) is 0.539. The third kappa shape index (κ3) is 2.97. The van der Waals surface area contributed by atoms with Crippen molar-refractivity contribution in [3.05, 3.63) is 102 Å². The van der Waals surface area contributed by atoms with E-state index in [1.165, 1.54) is 22.0 Å². The van der Waals surface area contributed by atoms with E-state index in [0.29, 0.717) is 6.42 Å². The lowest BCUT2D eigenvalue weighted by atomic mass is 9.88. The van der Waals surface area contributed by atoms with Gasteiger partial charge in [0.2, 0.25) is 0 Å². The van der Waals surface area contributed by atoms with Gasteiger partial charge in [-0.2, -0.15) is 0 Å². The molecule has 0 bridgehead atoms. The maximum absolute atomic E-state index is 9.65. The van der Waals surface area contributed by atoms with E-state index in [9.17, 15) is 5.11 Å². The molecule has 124 valence electrons. The number of fused-ring (bicyclic) bond motifs is 1. The maximum atomic E-state index is 9.65. The minimum absolute atomic E-state index is 0.171. The summed E-state index contributed by atoms with van der Waals surface area (Å²) in [4.78, 5) is 0. The summed E-state index contributed by atoms with van der Waals surface area (Å²) in [5, 5.41) is 10.9. The monoisotopic (exact) mass is 327 g/mol. The summed E-state index contributed by atoms with van der Waals surface area (Å²) >= 11 is 0. The third-order valence-electron chi connectivity index (χ3n) is 4.77. The molecule has 4 rings (SSSR count). The molecule has 0 aliphatic carbocycles. The van der Waals surface area contributed by atoms with Crippen LogP contribution in [0.15, 0.2) is 91.1 Å². The van der Waals surface area contributed by atoms with Crippen LogP contribution >= 0.6 is 0 Å². The van der Waals surface area contributed by atoms with E-state index in [4.69, 9.17) is 0 Å². The summed E-state index contributed by atoms with van der Waals surface area (Å²) in [5.41, 5.74) is 4.86. The highest BCUT2D eigenvalue weighted by Crippen LogP contribution is 2.35. The van der Waals surface area contributed by atoms with Crippen molar-refractivity contribution in [1.29, 1.82) is 0 Å². The second kappa shape index (κ2) is 6.96. The van der Waals surface area contributed by atoms with Gasteiger partial charge in [-0.15, -0.1) is 0 Å². The summed E-state index contributed by atoms with van der Waals surface area (Å²) in [6.45, 7) is 0.171. The Labute approximate surface area is 148 Å². The Morgan fingerprint density at radius 3 is 2.12 bits per heavy atom. The van der Waals surface area contributed by atoms with Gasteiger partial charge in [-0.3, -0.25) is 0 Å². The molecule has 0 amide bonds. The Morgan fingerprint density at radius 2 is 1.40 bits per heavy atom. The van der Waals surface area contributed by atoms with Crippen LogP contribution in [0.5, 0.6) is 0 Å². The van der Waals surface area contributed by atoms with Crippen LogP contribution in [0.4, 0.5) is 0 Å². The van der Waals surface area contributed by atoms with E-state index in [-0.39, 0.29) is 12.5 Å². The number of rotatable bonds is 5. The van der Waals surface area contributed by atoms with Crippen LogP contribution in [0, 0.1) is 0 Å². The molecule has 2 nitrogen and oxygen atoms in total. The predicted molar refractivity (Wildman–Crippen MR) is 103 cm³/mol. The standard InChI is InChI=1S/C23H21NO/c25-16-15-20(18-9-3-1-4-10-18)22-17-24(19-11-5-2-6-12-19)23-14-8-7-13-21(22)23/h1-14,17,20,25H,15-16H2. The molecule has 2 heteroatoms. The topological polar surface area (TPSA) is 25.2 Å². The first-order chi connectivity index (χ1) is 12.4. The van der Waals surface area contributed by atoms with Crippen molar-refractivity contribution in [1.82, 2.24) is 4.57 Å². The van der Waals surface area contributed by atoms with Gasteiger partial charge in [0.05, 0.1) is 5.52 Å². The van der Waals surface area contributed by atoms with Crippen LogP contribution in [0.2, 0.25) is 0 Å². The van der Waals surface area contributed by atoms with Crippen LogP contribution in [-0.4, -0.2) is 16.3 Å². The van der Waals surface area contributed by atoms with Gasteiger partial charge in [-0.25, -0.2) is 0 Å². The normalized spacial score (nSPS) is 12.4. The molecule has 0 spiro atoms. The number of hydrogen-bond acceptors (Lipinski definition) is 1. The van der Waals surface area contributed by atoms with E-state index in [2.05, 4.69) is 83.6 Å². The number of para-hydroxylation sites is 2. The van der Waals surface area contributed by atoms with Crippen LogP contribution in [0.25, 0.3) is 16.6 Å². The summed E-state index contributed by atoms with van der Waals surface area (Å²) in [7, 11) is 0. The molecule has 3 aromatic carbocycles. The molecule has 1 heterocycles. The lowest BCUT2D eigenvalue weighted by Gasteiger charge is -2.16. The van der Waals surface area contributed by atoms with Crippen molar-refractivity contribution < 1.29 is 5.11 Å². The summed E-state index contributed by atoms with van der Waals surface area (Å²) in [6, 6.07) is 29.4. The fourth-order valence-corrected chi connectivity index (χ4v) is 3.60. The molecule has 0 aliphatic heterocycles. The van der Waals surface area contributed by atoms with Gasteiger partial charge in [0.1, 0.15) is 0 Å². The third-order valence-corrected chi connectivity index (χ3v) is 4.77. The highest BCUT2D eigenvalue weighted by Gasteiger charge is 2.19. The number of hydrogen-bond donors (Lipinski definition) is 1. The molecular formula is C23H21NO. The smallest absolute Gasteiger partial charge is 0.0531 e. The van der Waals surface area contributed by atoms with Crippen molar-refractivity contribution in [2.75, 3.05) is 6.61 Å². The molecule has 1 aromatic heterocycles. The fraction of sp³-hybridized carbons (Fsp3) is 0.130. The van der Waals surface area contributed by atoms with E-state index in [1.807, 2.05) is 12.1 Å². The largest absolute Gasteiger partial charge is 0.396 e. The SMILES string of the molecule is OCCC(c1ccccc1)c1cn(-c2ccccc2)c2ccccc12. The van der Waals surface area contributed by atoms with Crippen LogP contribution in [-0.2, 0) is 0 Å². The highest BCUT2D eigenvalue weighted by molar-refractivity contribution is 5.86. The van der Waals surface area contributed by atoms with Crippen molar-refractivity contribution in [2.45, 2.75) is 12.3 Å². The Bertz CT molecular complexity index is 957. The van der Waals surface area contributed by atoms with E-state index in [0.717, 1.165) is 5.69 Å². The number of benzene rings is 3. The van der Waals surface area contributed by atoms with E-state index >= 15 is 0 Å². The zero-order valence-electron chi connectivity index (χ0n) is 14.0. The Kier molecular flexibility index (Phi) is 4.36. The van der Waals surface area contributed by atoms with Gasteiger partial charge >= 0.3 is 0 Å². The molecule has 0 fully saturated rings. The summed E-state index contributed by atoms with van der Waals surface area (Å²) in [6.07, 6.45) is 2.94. The Morgan fingerprint density at radius 1 is 0.760 bits per heavy atom. The molecule has 1 unspecified atom stereocenters. The van der Waals surface area contributed by atoms with Gasteiger partial charge in [0, 0.05) is 29.8 Å². The van der Waals surface area contributed by atoms with Gasteiger partial charge in [0.15, 0.2) is 0 Å². The van der Waals surface area contributed by atoms with Gasteiger partial charge in [0.25, 0.3) is 0 Å². The van der Waals surface area contributed by atoms with Gasteiger partial charge < -0.3 is 9.67 Å². The molecule has 0 aliphatic rings. The summed E-state index contributed by atoms with van der Waals surface area (Å²) in [5.74, 6) is 0.182. The summed E-state index contributed by atoms with van der Waals surface area (Å²) < 4.78 is 2.25. The number of aromatic nitrogens is 1. The van der Waals surface area contributed by atoms with Crippen LogP contribution in [0.3, 0.4) is 0 Å². The first kappa shape index (κ1) is 15.7. The minimum atomic E-state index is 0.171. The minimum Gasteiger partial charge on any atom is -0.396 e. The van der Waals surface area contributed by atoms with Gasteiger partial charge in [-0.1, -0.05) is 66.7 Å². The number of aliphatic hydroxyl groups excluding tert-OH is 1. The fourth-order valence-electron chi connectivity index (χ4n) is 3.60. The van der Waals surface area contributed by atoms with Crippen LogP contribution < -0.4 is 0 Å². The highest BCUT2D eigenvalue weighted by atomic mass is 16.3. The molecule has 0 saturated heterocycles.